The van der Waals surface area contributed by atoms with Crippen LogP contribution >= 0.6 is 0 Å². The molecule has 1 heterocycles. The monoisotopic (exact) mass is 231 g/mol. The van der Waals surface area contributed by atoms with Crippen molar-refractivity contribution in [3.8, 4) is 0 Å². The van der Waals surface area contributed by atoms with E-state index in [1.807, 2.05) is 11.0 Å². The molecule has 2 rings (SSSR count). The number of hydrogen-bond acceptors (Lipinski definition) is 1. The van der Waals surface area contributed by atoms with Gasteiger partial charge < -0.3 is 4.90 Å². The lowest BCUT2D eigenvalue weighted by molar-refractivity contribution is 0.0720. The number of hydrogen-bond donors (Lipinski definition) is 0. The average molecular weight is 231 g/mol. The maximum atomic E-state index is 12.3. The highest BCUT2D eigenvalue weighted by molar-refractivity contribution is 5.96. The van der Waals surface area contributed by atoms with Crippen molar-refractivity contribution < 1.29 is 4.79 Å². The second-order valence-electron chi connectivity index (χ2n) is 5.24. The van der Waals surface area contributed by atoms with E-state index < -0.39 is 0 Å². The number of carbonyl (C=O) groups excluding carboxylic acids is 1. The first kappa shape index (κ1) is 12.2. The van der Waals surface area contributed by atoms with Gasteiger partial charge in [-0.15, -0.1) is 0 Å². The molecule has 0 aromatic heterocycles. The molecule has 0 N–H and O–H groups in total. The highest BCUT2D eigenvalue weighted by atomic mass is 16.2. The number of rotatable bonds is 3. The van der Waals surface area contributed by atoms with E-state index >= 15 is 0 Å². The summed E-state index contributed by atoms with van der Waals surface area (Å²) in [5.74, 6) is 0.748. The van der Waals surface area contributed by atoms with Gasteiger partial charge >= 0.3 is 0 Å². The molecule has 1 amide bonds. The Balaban J connectivity index is 2.24. The van der Waals surface area contributed by atoms with E-state index in [9.17, 15) is 4.79 Å². The van der Waals surface area contributed by atoms with Crippen LogP contribution < -0.4 is 0 Å². The maximum absolute atomic E-state index is 12.3. The highest BCUT2D eigenvalue weighted by Crippen LogP contribution is 2.21. The second-order valence-corrected chi connectivity index (χ2v) is 5.24. The van der Waals surface area contributed by atoms with Crippen molar-refractivity contribution in [1.82, 2.24) is 4.90 Å². The van der Waals surface area contributed by atoms with Gasteiger partial charge in [-0.2, -0.15) is 0 Å². The number of carbonyl (C=O) groups is 1. The van der Waals surface area contributed by atoms with E-state index in [0.29, 0.717) is 5.92 Å². The molecule has 2 heteroatoms. The Morgan fingerprint density at radius 2 is 2.12 bits per heavy atom. The van der Waals surface area contributed by atoms with Gasteiger partial charge in [0.25, 0.3) is 5.91 Å². The topological polar surface area (TPSA) is 20.3 Å². The molecule has 1 aliphatic rings. The smallest absolute Gasteiger partial charge is 0.254 e. The Hall–Kier alpha value is -1.31. The molecule has 0 bridgehead atoms. The van der Waals surface area contributed by atoms with E-state index in [-0.39, 0.29) is 5.91 Å². The molecule has 0 fully saturated rings. The summed E-state index contributed by atoms with van der Waals surface area (Å²) in [5.41, 5.74) is 3.47. The molecule has 1 aliphatic heterocycles. The van der Waals surface area contributed by atoms with E-state index in [0.717, 1.165) is 31.5 Å². The molecule has 0 unspecified atom stereocenters. The van der Waals surface area contributed by atoms with Crippen molar-refractivity contribution in [3.63, 3.8) is 0 Å². The predicted molar refractivity (Wildman–Crippen MR) is 70.3 cm³/mol. The zero-order valence-electron chi connectivity index (χ0n) is 11.0. The summed E-state index contributed by atoms with van der Waals surface area (Å²) in [6.45, 7) is 8.20. The molecule has 0 radical (unpaired) electrons. The van der Waals surface area contributed by atoms with E-state index in [1.165, 1.54) is 11.1 Å². The third kappa shape index (κ3) is 2.51. The molecule has 0 saturated carbocycles. The van der Waals surface area contributed by atoms with Gasteiger partial charge in [-0.25, -0.2) is 0 Å². The second kappa shape index (κ2) is 4.91. The van der Waals surface area contributed by atoms with Crippen LogP contribution in [0.3, 0.4) is 0 Å². The van der Waals surface area contributed by atoms with Gasteiger partial charge in [-0.3, -0.25) is 4.79 Å². The fraction of sp³-hybridized carbons (Fsp3) is 0.533. The predicted octanol–water partition coefficient (Wildman–Crippen LogP) is 2.90. The molecule has 1 aromatic rings. The fourth-order valence-electron chi connectivity index (χ4n) is 2.42. The summed E-state index contributed by atoms with van der Waals surface area (Å²) in [7, 11) is 0. The average Bonchev–Trinajstić information content (AvgIpc) is 2.32. The van der Waals surface area contributed by atoms with Crippen molar-refractivity contribution >= 4 is 5.91 Å². The lowest BCUT2D eigenvalue weighted by Crippen LogP contribution is -2.39. The third-order valence-corrected chi connectivity index (χ3v) is 3.33. The van der Waals surface area contributed by atoms with Crippen molar-refractivity contribution in [2.75, 3.05) is 13.1 Å². The quantitative estimate of drug-likeness (QED) is 0.783. The lowest BCUT2D eigenvalue weighted by atomic mass is 9.95. The minimum absolute atomic E-state index is 0.211. The summed E-state index contributed by atoms with van der Waals surface area (Å²) in [6.07, 6.45) is 2.04. The Labute approximate surface area is 104 Å². The van der Waals surface area contributed by atoms with Crippen LogP contribution in [-0.2, 0) is 12.8 Å². The highest BCUT2D eigenvalue weighted by Gasteiger charge is 2.24. The molecule has 0 saturated heterocycles. The zero-order chi connectivity index (χ0) is 12.4. The molecule has 17 heavy (non-hydrogen) atoms. The van der Waals surface area contributed by atoms with E-state index in [2.05, 4.69) is 32.9 Å². The largest absolute Gasteiger partial charge is 0.338 e. The lowest BCUT2D eigenvalue weighted by Gasteiger charge is -2.30. The third-order valence-electron chi connectivity index (χ3n) is 3.33. The summed E-state index contributed by atoms with van der Waals surface area (Å²) in [6, 6.07) is 6.28. The van der Waals surface area contributed by atoms with Crippen molar-refractivity contribution in [2.24, 2.45) is 5.92 Å². The zero-order valence-corrected chi connectivity index (χ0v) is 11.0. The van der Waals surface area contributed by atoms with E-state index in [4.69, 9.17) is 0 Å². The van der Waals surface area contributed by atoms with Crippen LogP contribution in [0.4, 0.5) is 0 Å². The summed E-state index contributed by atoms with van der Waals surface area (Å²) in [4.78, 5) is 14.3. The van der Waals surface area contributed by atoms with Crippen LogP contribution in [0.2, 0.25) is 0 Å². The Bertz CT molecular complexity index is 423. The summed E-state index contributed by atoms with van der Waals surface area (Å²) in [5, 5.41) is 0. The van der Waals surface area contributed by atoms with Crippen LogP contribution in [0.15, 0.2) is 18.2 Å². The van der Waals surface area contributed by atoms with Gasteiger partial charge in [0.2, 0.25) is 0 Å². The van der Waals surface area contributed by atoms with Crippen LogP contribution in [0.1, 0.15) is 42.3 Å². The SMILES string of the molecule is CCc1ccc2c(c1)CCN(CC(C)C)C2=O. The maximum Gasteiger partial charge on any atom is 0.254 e. The van der Waals surface area contributed by atoms with Crippen LogP contribution in [0, 0.1) is 5.92 Å². The van der Waals surface area contributed by atoms with Crippen molar-refractivity contribution in [1.29, 1.82) is 0 Å². The van der Waals surface area contributed by atoms with Gasteiger partial charge in [0.05, 0.1) is 0 Å². The molecule has 1 aromatic carbocycles. The minimum Gasteiger partial charge on any atom is -0.338 e. The fourth-order valence-corrected chi connectivity index (χ4v) is 2.42. The van der Waals surface area contributed by atoms with Gasteiger partial charge in [-0.05, 0) is 36.0 Å². The summed E-state index contributed by atoms with van der Waals surface area (Å²) >= 11 is 0. The van der Waals surface area contributed by atoms with Gasteiger partial charge in [0, 0.05) is 18.7 Å². The van der Waals surface area contributed by atoms with Gasteiger partial charge in [-0.1, -0.05) is 32.9 Å². The molecular formula is C15H21NO. The summed E-state index contributed by atoms with van der Waals surface area (Å²) < 4.78 is 0. The molecule has 0 aliphatic carbocycles. The van der Waals surface area contributed by atoms with Crippen LogP contribution in [0.5, 0.6) is 0 Å². The number of nitrogens with zero attached hydrogens (tertiary/aromatic N) is 1. The first-order valence-electron chi connectivity index (χ1n) is 6.53. The standard InChI is InChI=1S/C15H21NO/c1-4-12-5-6-14-13(9-12)7-8-16(15(14)17)10-11(2)3/h5-6,9,11H,4,7-8,10H2,1-3H3. The molecular weight excluding hydrogens is 210 g/mol. The molecule has 0 atom stereocenters. The Morgan fingerprint density at radius 1 is 1.35 bits per heavy atom. The first-order chi connectivity index (χ1) is 8.11. The minimum atomic E-state index is 0.211. The number of amides is 1. The van der Waals surface area contributed by atoms with Gasteiger partial charge in [0.1, 0.15) is 0 Å². The van der Waals surface area contributed by atoms with Crippen LogP contribution in [0.25, 0.3) is 0 Å². The Morgan fingerprint density at radius 3 is 2.76 bits per heavy atom. The number of benzene rings is 1. The van der Waals surface area contributed by atoms with Gasteiger partial charge in [0.15, 0.2) is 0 Å². The molecule has 92 valence electrons. The van der Waals surface area contributed by atoms with E-state index in [1.54, 1.807) is 0 Å². The normalized spacial score (nSPS) is 15.3. The van der Waals surface area contributed by atoms with Crippen LogP contribution in [-0.4, -0.2) is 23.9 Å². The molecule has 2 nitrogen and oxygen atoms in total. The van der Waals surface area contributed by atoms with Crippen molar-refractivity contribution in [2.45, 2.75) is 33.6 Å². The molecule has 0 spiro atoms. The number of fused-ring (bicyclic) bond motifs is 1. The number of aryl methyl sites for hydroxylation is 1. The first-order valence-corrected chi connectivity index (χ1v) is 6.53. The Kier molecular flexibility index (Phi) is 3.51. The van der Waals surface area contributed by atoms with Crippen molar-refractivity contribution in [3.05, 3.63) is 34.9 Å².